The molecule has 5 nitrogen and oxygen atoms in total. The minimum absolute atomic E-state index is 0.489. The molecule has 2 atom stereocenters. The summed E-state index contributed by atoms with van der Waals surface area (Å²) in [5.74, 6) is 0.674. The maximum atomic E-state index is 5.78. The van der Waals surface area contributed by atoms with Crippen LogP contribution in [0.3, 0.4) is 0 Å². The van der Waals surface area contributed by atoms with E-state index in [0.29, 0.717) is 25.3 Å². The van der Waals surface area contributed by atoms with Crippen molar-refractivity contribution in [2.24, 2.45) is 5.92 Å². The summed E-state index contributed by atoms with van der Waals surface area (Å²) in [6, 6.07) is 2.61. The number of fused-ring (bicyclic) bond motifs is 3. The zero-order valence-corrected chi connectivity index (χ0v) is 11.7. The van der Waals surface area contributed by atoms with E-state index in [9.17, 15) is 0 Å². The van der Waals surface area contributed by atoms with Gasteiger partial charge in [-0.15, -0.1) is 0 Å². The van der Waals surface area contributed by atoms with Gasteiger partial charge in [0.2, 0.25) is 0 Å². The highest BCUT2D eigenvalue weighted by Gasteiger charge is 2.32. The standard InChI is InChI=1S/C15H20N4O/c1-10-2-4-16-7-13(10)19-9-20-8-11-6-18-15-12(14(11)19)3-5-17-15/h3,5-6,10,13,16H,2,4,7-9H2,1H3,(H,17,18). The van der Waals surface area contributed by atoms with Crippen LogP contribution in [0, 0.1) is 5.92 Å². The van der Waals surface area contributed by atoms with Crippen molar-refractivity contribution in [2.45, 2.75) is 26.0 Å². The molecule has 5 heteroatoms. The largest absolute Gasteiger partial charge is 0.356 e. The number of anilines is 1. The van der Waals surface area contributed by atoms with E-state index in [1.165, 1.54) is 23.1 Å². The van der Waals surface area contributed by atoms with Crippen LogP contribution in [0.4, 0.5) is 5.69 Å². The van der Waals surface area contributed by atoms with Crippen molar-refractivity contribution < 1.29 is 4.74 Å². The monoisotopic (exact) mass is 272 g/mol. The Bertz CT molecular complexity index is 623. The maximum Gasteiger partial charge on any atom is 0.139 e. The molecule has 0 radical (unpaired) electrons. The Morgan fingerprint density at radius 2 is 2.40 bits per heavy atom. The van der Waals surface area contributed by atoms with E-state index in [1.54, 1.807) is 0 Å². The van der Waals surface area contributed by atoms with Crippen LogP contribution >= 0.6 is 0 Å². The smallest absolute Gasteiger partial charge is 0.139 e. The Morgan fingerprint density at radius 1 is 1.45 bits per heavy atom. The fourth-order valence-electron chi connectivity index (χ4n) is 3.45. The molecule has 106 valence electrons. The second-order valence-corrected chi connectivity index (χ2v) is 5.86. The van der Waals surface area contributed by atoms with Gasteiger partial charge in [-0.1, -0.05) is 6.92 Å². The van der Waals surface area contributed by atoms with E-state index in [2.05, 4.69) is 33.2 Å². The molecule has 0 bridgehead atoms. The second kappa shape index (κ2) is 4.75. The molecule has 0 amide bonds. The highest BCUT2D eigenvalue weighted by molar-refractivity contribution is 5.92. The van der Waals surface area contributed by atoms with E-state index in [1.807, 2.05) is 12.4 Å². The van der Waals surface area contributed by atoms with Crippen LogP contribution in [0.2, 0.25) is 0 Å². The second-order valence-electron chi connectivity index (χ2n) is 5.86. The zero-order chi connectivity index (χ0) is 13.5. The minimum atomic E-state index is 0.489. The van der Waals surface area contributed by atoms with E-state index < -0.39 is 0 Å². The van der Waals surface area contributed by atoms with Crippen molar-refractivity contribution in [3.8, 4) is 0 Å². The van der Waals surface area contributed by atoms with Crippen molar-refractivity contribution in [3.63, 3.8) is 0 Å². The molecular formula is C15H20N4O. The van der Waals surface area contributed by atoms with E-state index in [4.69, 9.17) is 4.74 Å². The van der Waals surface area contributed by atoms with E-state index >= 15 is 0 Å². The highest BCUT2D eigenvalue weighted by atomic mass is 16.5. The predicted molar refractivity (Wildman–Crippen MR) is 78.7 cm³/mol. The Kier molecular flexibility index (Phi) is 2.89. The third-order valence-corrected chi connectivity index (χ3v) is 4.60. The molecule has 2 unspecified atom stereocenters. The summed E-state index contributed by atoms with van der Waals surface area (Å²) >= 11 is 0. The first-order valence-corrected chi connectivity index (χ1v) is 7.34. The molecule has 0 spiro atoms. The average Bonchev–Trinajstić information content (AvgIpc) is 2.96. The van der Waals surface area contributed by atoms with Gasteiger partial charge in [-0.05, 0) is 24.9 Å². The van der Waals surface area contributed by atoms with Crippen LogP contribution in [0.25, 0.3) is 11.0 Å². The average molecular weight is 272 g/mol. The first kappa shape index (κ1) is 12.2. The van der Waals surface area contributed by atoms with Gasteiger partial charge in [-0.3, -0.25) is 0 Å². The SMILES string of the molecule is CC1CCNCC1N1COCc2cnc3[nH]ccc3c21. The number of ether oxygens (including phenoxy) is 1. The van der Waals surface area contributed by atoms with Gasteiger partial charge in [0, 0.05) is 35.9 Å². The van der Waals surface area contributed by atoms with Gasteiger partial charge >= 0.3 is 0 Å². The number of hydrogen-bond acceptors (Lipinski definition) is 4. The van der Waals surface area contributed by atoms with Gasteiger partial charge in [0.25, 0.3) is 0 Å². The number of hydrogen-bond donors (Lipinski definition) is 2. The molecule has 0 aromatic carbocycles. The third kappa shape index (κ3) is 1.81. The summed E-state index contributed by atoms with van der Waals surface area (Å²) in [6.07, 6.45) is 5.13. The lowest BCUT2D eigenvalue weighted by atomic mass is 9.92. The minimum Gasteiger partial charge on any atom is -0.356 e. The van der Waals surface area contributed by atoms with Crippen molar-refractivity contribution in [2.75, 3.05) is 24.7 Å². The van der Waals surface area contributed by atoms with Crippen LogP contribution in [-0.4, -0.2) is 35.8 Å². The number of nitrogens with one attached hydrogen (secondary N) is 2. The number of pyridine rings is 1. The quantitative estimate of drug-likeness (QED) is 0.832. The normalized spacial score (nSPS) is 26.8. The fourth-order valence-corrected chi connectivity index (χ4v) is 3.45. The van der Waals surface area contributed by atoms with Crippen molar-refractivity contribution >= 4 is 16.7 Å². The summed E-state index contributed by atoms with van der Waals surface area (Å²) in [5, 5.41) is 4.73. The summed E-state index contributed by atoms with van der Waals surface area (Å²) in [7, 11) is 0. The van der Waals surface area contributed by atoms with Gasteiger partial charge in [-0.25, -0.2) is 4.98 Å². The van der Waals surface area contributed by atoms with Gasteiger partial charge in [0.1, 0.15) is 12.4 Å². The molecule has 2 aromatic rings. The number of aromatic nitrogens is 2. The van der Waals surface area contributed by atoms with E-state index in [0.717, 1.165) is 18.7 Å². The molecule has 2 aliphatic rings. The summed E-state index contributed by atoms with van der Waals surface area (Å²) in [6.45, 7) is 5.82. The van der Waals surface area contributed by atoms with Gasteiger partial charge in [0.05, 0.1) is 12.3 Å². The lowest BCUT2D eigenvalue weighted by molar-refractivity contribution is 0.0964. The van der Waals surface area contributed by atoms with E-state index in [-0.39, 0.29) is 0 Å². The molecule has 4 heterocycles. The molecule has 0 aliphatic carbocycles. The van der Waals surface area contributed by atoms with Crippen LogP contribution in [0.1, 0.15) is 18.9 Å². The Morgan fingerprint density at radius 3 is 3.30 bits per heavy atom. The highest BCUT2D eigenvalue weighted by Crippen LogP contribution is 2.35. The Balaban J connectivity index is 1.82. The van der Waals surface area contributed by atoms with Crippen LogP contribution < -0.4 is 10.2 Å². The molecule has 2 N–H and O–H groups in total. The number of nitrogens with zero attached hydrogens (tertiary/aromatic N) is 2. The zero-order valence-electron chi connectivity index (χ0n) is 11.7. The van der Waals surface area contributed by atoms with Crippen molar-refractivity contribution in [1.29, 1.82) is 0 Å². The number of rotatable bonds is 1. The lowest BCUT2D eigenvalue weighted by Crippen LogP contribution is -2.52. The first-order valence-electron chi connectivity index (χ1n) is 7.34. The summed E-state index contributed by atoms with van der Waals surface area (Å²) in [4.78, 5) is 10.1. The molecule has 4 rings (SSSR count). The predicted octanol–water partition coefficient (Wildman–Crippen LogP) is 1.85. The van der Waals surface area contributed by atoms with Gasteiger partial charge < -0.3 is 19.9 Å². The Labute approximate surface area is 118 Å². The number of piperidine rings is 1. The molecule has 1 saturated heterocycles. The molecule has 1 fully saturated rings. The summed E-state index contributed by atoms with van der Waals surface area (Å²) in [5.41, 5.74) is 3.47. The first-order chi connectivity index (χ1) is 9.84. The van der Waals surface area contributed by atoms with Crippen LogP contribution in [0.15, 0.2) is 18.5 Å². The van der Waals surface area contributed by atoms with Crippen molar-refractivity contribution in [1.82, 2.24) is 15.3 Å². The van der Waals surface area contributed by atoms with Crippen LogP contribution in [-0.2, 0) is 11.3 Å². The molecule has 20 heavy (non-hydrogen) atoms. The van der Waals surface area contributed by atoms with Gasteiger partial charge in [0.15, 0.2) is 0 Å². The molecule has 0 saturated carbocycles. The topological polar surface area (TPSA) is 53.2 Å². The van der Waals surface area contributed by atoms with Crippen molar-refractivity contribution in [3.05, 3.63) is 24.0 Å². The third-order valence-electron chi connectivity index (χ3n) is 4.60. The number of aromatic amines is 1. The number of H-pyrrole nitrogens is 1. The lowest BCUT2D eigenvalue weighted by Gasteiger charge is -2.42. The molecular weight excluding hydrogens is 252 g/mol. The van der Waals surface area contributed by atoms with Gasteiger partial charge in [-0.2, -0.15) is 0 Å². The maximum absolute atomic E-state index is 5.78. The molecule has 2 aliphatic heterocycles. The molecule has 2 aromatic heterocycles. The fraction of sp³-hybridized carbons (Fsp3) is 0.533. The summed E-state index contributed by atoms with van der Waals surface area (Å²) < 4.78 is 5.78. The van der Waals surface area contributed by atoms with Crippen LogP contribution in [0.5, 0.6) is 0 Å². The Hall–Kier alpha value is -1.59.